The van der Waals surface area contributed by atoms with Crippen LogP contribution >= 0.6 is 0 Å². The maximum Gasteiger partial charge on any atom is 0.157 e. The molecule has 0 spiro atoms. The number of nitrogens with one attached hydrogen (secondary N) is 1. The van der Waals surface area contributed by atoms with Gasteiger partial charge in [0.05, 0.1) is 0 Å². The third kappa shape index (κ3) is 7.51. The molecule has 3 aliphatic heterocycles. The van der Waals surface area contributed by atoms with Gasteiger partial charge in [0.1, 0.15) is 6.23 Å². The van der Waals surface area contributed by atoms with Gasteiger partial charge in [0.2, 0.25) is 0 Å². The van der Waals surface area contributed by atoms with E-state index in [1.165, 1.54) is 64.6 Å². The molecule has 3 saturated heterocycles. The van der Waals surface area contributed by atoms with Gasteiger partial charge in [-0.3, -0.25) is 5.32 Å². The average molecular weight is 355 g/mol. The summed E-state index contributed by atoms with van der Waals surface area (Å²) in [5, 5.41) is 3.54. The van der Waals surface area contributed by atoms with Crippen molar-refractivity contribution in [3.8, 4) is 0 Å². The lowest BCUT2D eigenvalue weighted by molar-refractivity contribution is -0.163. The van der Waals surface area contributed by atoms with Gasteiger partial charge in [-0.1, -0.05) is 6.42 Å². The van der Waals surface area contributed by atoms with E-state index in [0.29, 0.717) is 0 Å². The van der Waals surface area contributed by atoms with E-state index >= 15 is 0 Å². The normalized spacial score (nSPS) is 31.9. The molecule has 3 rings (SSSR count). The maximum absolute atomic E-state index is 6.08. The third-order valence-electron chi connectivity index (χ3n) is 5.74. The lowest BCUT2D eigenvalue weighted by atomic mass is 9.95. The van der Waals surface area contributed by atoms with Gasteiger partial charge >= 0.3 is 0 Å². The highest BCUT2D eigenvalue weighted by Gasteiger charge is 2.24. The number of hydrogen-bond donors (Lipinski definition) is 1. The molecule has 146 valence electrons. The Morgan fingerprint density at radius 1 is 0.920 bits per heavy atom. The monoisotopic (exact) mass is 354 g/mol. The first-order chi connectivity index (χ1) is 12.4. The van der Waals surface area contributed by atoms with E-state index in [1.807, 2.05) is 0 Å². The number of nitrogens with zero attached hydrogens (tertiary/aromatic N) is 1. The van der Waals surface area contributed by atoms with Crippen molar-refractivity contribution in [3.05, 3.63) is 0 Å². The molecule has 3 atom stereocenters. The van der Waals surface area contributed by atoms with Crippen molar-refractivity contribution in [1.29, 1.82) is 0 Å². The van der Waals surface area contributed by atoms with Gasteiger partial charge in [-0.05, 0) is 83.3 Å². The smallest absolute Gasteiger partial charge is 0.157 e. The van der Waals surface area contributed by atoms with Crippen molar-refractivity contribution in [2.75, 3.05) is 46.0 Å². The van der Waals surface area contributed by atoms with Crippen molar-refractivity contribution in [2.24, 2.45) is 5.92 Å². The second-order valence-corrected chi connectivity index (χ2v) is 7.94. The summed E-state index contributed by atoms with van der Waals surface area (Å²) in [6.07, 6.45) is 12.6. The Balaban J connectivity index is 1.20. The highest BCUT2D eigenvalue weighted by molar-refractivity contribution is 4.77. The Morgan fingerprint density at radius 2 is 1.76 bits per heavy atom. The van der Waals surface area contributed by atoms with Gasteiger partial charge in [-0.2, -0.15) is 0 Å². The number of piperidine rings is 2. The van der Waals surface area contributed by atoms with Gasteiger partial charge < -0.3 is 19.1 Å². The largest absolute Gasteiger partial charge is 0.363 e. The zero-order valence-electron chi connectivity index (χ0n) is 15.9. The second-order valence-electron chi connectivity index (χ2n) is 7.94. The van der Waals surface area contributed by atoms with Crippen LogP contribution in [0.4, 0.5) is 0 Å². The minimum atomic E-state index is 0.0465. The standard InChI is InChI=1S/C20H38N2O3/c1-3-11-22(12-4-1)17-18-9-10-21-19(16-18)23-13-6-7-15-25-20-8-2-5-14-24-20/h18-21H,1-17H2. The number of rotatable bonds is 9. The summed E-state index contributed by atoms with van der Waals surface area (Å²) in [6, 6.07) is 0. The SMILES string of the molecule is C1CCN(CC2CCNC(OCCCCOC3CCCCO3)C2)CC1. The minimum absolute atomic E-state index is 0.0465. The fraction of sp³-hybridized carbons (Fsp3) is 1.00. The topological polar surface area (TPSA) is 43.0 Å². The molecule has 0 aromatic rings. The van der Waals surface area contributed by atoms with Crippen LogP contribution in [0.1, 0.15) is 64.2 Å². The van der Waals surface area contributed by atoms with Crippen molar-refractivity contribution in [2.45, 2.75) is 76.7 Å². The fourth-order valence-corrected chi connectivity index (χ4v) is 4.24. The van der Waals surface area contributed by atoms with E-state index in [2.05, 4.69) is 10.2 Å². The number of ether oxygens (including phenoxy) is 3. The van der Waals surface area contributed by atoms with Gasteiger partial charge in [-0.15, -0.1) is 0 Å². The van der Waals surface area contributed by atoms with Crippen LogP contribution in [0, 0.1) is 5.92 Å². The molecule has 3 heterocycles. The molecule has 3 aliphatic rings. The van der Waals surface area contributed by atoms with E-state index in [1.54, 1.807) is 0 Å². The van der Waals surface area contributed by atoms with Crippen LogP contribution in [0.2, 0.25) is 0 Å². The predicted molar refractivity (Wildman–Crippen MR) is 99.5 cm³/mol. The average Bonchev–Trinajstić information content (AvgIpc) is 2.66. The van der Waals surface area contributed by atoms with Crippen LogP contribution in [0.25, 0.3) is 0 Å². The lowest BCUT2D eigenvalue weighted by Crippen LogP contribution is -2.44. The van der Waals surface area contributed by atoms with Crippen molar-refractivity contribution >= 4 is 0 Å². The van der Waals surface area contributed by atoms with Crippen LogP contribution in [-0.2, 0) is 14.2 Å². The molecule has 0 aliphatic carbocycles. The van der Waals surface area contributed by atoms with Gasteiger partial charge in [0.15, 0.2) is 6.29 Å². The summed E-state index contributed by atoms with van der Waals surface area (Å²) in [5.74, 6) is 0.802. The highest BCUT2D eigenvalue weighted by atomic mass is 16.7. The molecule has 3 unspecified atom stereocenters. The summed E-state index contributed by atoms with van der Waals surface area (Å²) in [6.45, 7) is 7.48. The summed E-state index contributed by atoms with van der Waals surface area (Å²) in [7, 11) is 0. The first-order valence-corrected chi connectivity index (χ1v) is 10.7. The summed E-state index contributed by atoms with van der Waals surface area (Å²) >= 11 is 0. The molecule has 25 heavy (non-hydrogen) atoms. The first-order valence-electron chi connectivity index (χ1n) is 10.7. The second kappa shape index (κ2) is 11.5. The summed E-state index contributed by atoms with van der Waals surface area (Å²) in [5.41, 5.74) is 0. The Labute approximate surface area is 153 Å². The molecule has 3 fully saturated rings. The summed E-state index contributed by atoms with van der Waals surface area (Å²) in [4.78, 5) is 2.67. The van der Waals surface area contributed by atoms with E-state index in [-0.39, 0.29) is 12.5 Å². The molecule has 0 aromatic heterocycles. The lowest BCUT2D eigenvalue weighted by Gasteiger charge is -2.35. The van der Waals surface area contributed by atoms with Crippen LogP contribution in [0.3, 0.4) is 0 Å². The predicted octanol–water partition coefficient (Wildman–Crippen LogP) is 3.14. The maximum atomic E-state index is 6.08. The zero-order valence-corrected chi connectivity index (χ0v) is 15.9. The molecule has 1 N–H and O–H groups in total. The first kappa shape index (κ1) is 19.6. The van der Waals surface area contributed by atoms with Gasteiger partial charge in [-0.25, -0.2) is 0 Å². The van der Waals surface area contributed by atoms with Crippen LogP contribution in [0.15, 0.2) is 0 Å². The Morgan fingerprint density at radius 3 is 2.56 bits per heavy atom. The molecule has 0 aromatic carbocycles. The molecular weight excluding hydrogens is 316 g/mol. The molecule has 5 nitrogen and oxygen atoms in total. The highest BCUT2D eigenvalue weighted by Crippen LogP contribution is 2.21. The Hall–Kier alpha value is -0.200. The number of unbranched alkanes of at least 4 members (excludes halogenated alkanes) is 1. The van der Waals surface area contributed by atoms with Gasteiger partial charge in [0.25, 0.3) is 0 Å². The Bertz CT molecular complexity index is 344. The van der Waals surface area contributed by atoms with Crippen molar-refractivity contribution in [3.63, 3.8) is 0 Å². The van der Waals surface area contributed by atoms with Gasteiger partial charge in [0, 0.05) is 26.4 Å². The van der Waals surface area contributed by atoms with Crippen LogP contribution < -0.4 is 5.32 Å². The van der Waals surface area contributed by atoms with Crippen molar-refractivity contribution in [1.82, 2.24) is 10.2 Å². The summed E-state index contributed by atoms with van der Waals surface area (Å²) < 4.78 is 17.4. The number of hydrogen-bond acceptors (Lipinski definition) is 5. The van der Waals surface area contributed by atoms with Crippen molar-refractivity contribution < 1.29 is 14.2 Å². The van der Waals surface area contributed by atoms with E-state index < -0.39 is 0 Å². The zero-order chi connectivity index (χ0) is 17.2. The van der Waals surface area contributed by atoms with Crippen LogP contribution in [0.5, 0.6) is 0 Å². The molecule has 0 radical (unpaired) electrons. The fourth-order valence-electron chi connectivity index (χ4n) is 4.24. The van der Waals surface area contributed by atoms with Crippen LogP contribution in [-0.4, -0.2) is 63.4 Å². The quantitative estimate of drug-likeness (QED) is 0.645. The molecular formula is C20H38N2O3. The molecule has 0 amide bonds. The van der Waals surface area contributed by atoms with E-state index in [0.717, 1.165) is 51.5 Å². The molecule has 0 bridgehead atoms. The molecule has 5 heteroatoms. The van der Waals surface area contributed by atoms with E-state index in [4.69, 9.17) is 14.2 Å². The minimum Gasteiger partial charge on any atom is -0.363 e. The Kier molecular flexibility index (Phi) is 9.00. The molecule has 0 saturated carbocycles. The van der Waals surface area contributed by atoms with E-state index in [9.17, 15) is 0 Å². The third-order valence-corrected chi connectivity index (χ3v) is 5.74. The number of likely N-dealkylation sites (tertiary alicyclic amines) is 1.